The Morgan fingerprint density at radius 3 is 2.77 bits per heavy atom. The van der Waals surface area contributed by atoms with E-state index in [2.05, 4.69) is 0 Å². The summed E-state index contributed by atoms with van der Waals surface area (Å²) in [6.07, 6.45) is 1.59. The molecular formula is C8H11FN2O2. The zero-order valence-electron chi connectivity index (χ0n) is 7.36. The van der Waals surface area contributed by atoms with Crippen molar-refractivity contribution in [1.82, 2.24) is 9.13 Å². The number of halogens is 1. The van der Waals surface area contributed by atoms with Crippen molar-refractivity contribution in [2.24, 2.45) is 7.05 Å². The predicted molar refractivity (Wildman–Crippen MR) is 46.5 cm³/mol. The van der Waals surface area contributed by atoms with Gasteiger partial charge in [-0.3, -0.25) is 13.8 Å². The van der Waals surface area contributed by atoms with Crippen LogP contribution in [0.1, 0.15) is 6.42 Å². The van der Waals surface area contributed by atoms with Gasteiger partial charge in [0.1, 0.15) is 0 Å². The highest BCUT2D eigenvalue weighted by Gasteiger charge is 2.01. The molecule has 1 aromatic rings. The Labute approximate surface area is 74.2 Å². The molecular weight excluding hydrogens is 175 g/mol. The maximum Gasteiger partial charge on any atom is 0.330 e. The van der Waals surface area contributed by atoms with Gasteiger partial charge in [-0.2, -0.15) is 0 Å². The maximum atomic E-state index is 11.8. The highest BCUT2D eigenvalue weighted by molar-refractivity contribution is 4.85. The minimum absolute atomic E-state index is 0.142. The van der Waals surface area contributed by atoms with Crippen molar-refractivity contribution in [2.45, 2.75) is 13.0 Å². The molecule has 0 aliphatic heterocycles. The molecule has 13 heavy (non-hydrogen) atoms. The number of hydrogen-bond donors (Lipinski definition) is 0. The van der Waals surface area contributed by atoms with Crippen molar-refractivity contribution in [3.63, 3.8) is 0 Å². The fourth-order valence-electron chi connectivity index (χ4n) is 1.04. The molecule has 1 heterocycles. The highest BCUT2D eigenvalue weighted by Crippen LogP contribution is 1.83. The Morgan fingerprint density at radius 1 is 1.46 bits per heavy atom. The molecule has 0 amide bonds. The van der Waals surface area contributed by atoms with E-state index >= 15 is 0 Å². The average Bonchev–Trinajstić information content (AvgIpc) is 2.12. The number of rotatable bonds is 3. The fraction of sp³-hybridized carbons (Fsp3) is 0.500. The van der Waals surface area contributed by atoms with Crippen LogP contribution in [0.4, 0.5) is 4.39 Å². The quantitative estimate of drug-likeness (QED) is 0.662. The topological polar surface area (TPSA) is 44.0 Å². The first-order valence-corrected chi connectivity index (χ1v) is 3.99. The second-order valence-corrected chi connectivity index (χ2v) is 2.74. The molecule has 1 rings (SSSR count). The molecule has 72 valence electrons. The van der Waals surface area contributed by atoms with Crippen molar-refractivity contribution in [2.75, 3.05) is 6.67 Å². The van der Waals surface area contributed by atoms with Crippen LogP contribution in [0.25, 0.3) is 0 Å². The van der Waals surface area contributed by atoms with Crippen molar-refractivity contribution in [3.8, 4) is 0 Å². The molecule has 0 aromatic carbocycles. The van der Waals surface area contributed by atoms with Crippen LogP contribution in [-0.4, -0.2) is 15.8 Å². The lowest BCUT2D eigenvalue weighted by Gasteiger charge is -2.03. The third kappa shape index (κ3) is 2.05. The van der Waals surface area contributed by atoms with Gasteiger partial charge >= 0.3 is 5.69 Å². The van der Waals surface area contributed by atoms with Gasteiger partial charge in [-0.15, -0.1) is 0 Å². The molecule has 0 atom stereocenters. The average molecular weight is 186 g/mol. The summed E-state index contributed by atoms with van der Waals surface area (Å²) < 4.78 is 14.1. The Bertz CT molecular complexity index is 394. The second-order valence-electron chi connectivity index (χ2n) is 2.74. The summed E-state index contributed by atoms with van der Waals surface area (Å²) >= 11 is 0. The lowest BCUT2D eigenvalue weighted by Crippen LogP contribution is -2.37. The summed E-state index contributed by atoms with van der Waals surface area (Å²) in [4.78, 5) is 22.4. The van der Waals surface area contributed by atoms with Crippen molar-refractivity contribution < 1.29 is 4.39 Å². The molecule has 0 fully saturated rings. The van der Waals surface area contributed by atoms with Crippen LogP contribution in [0.3, 0.4) is 0 Å². The van der Waals surface area contributed by atoms with Crippen molar-refractivity contribution in [1.29, 1.82) is 0 Å². The van der Waals surface area contributed by atoms with Crippen LogP contribution in [-0.2, 0) is 13.6 Å². The summed E-state index contributed by atoms with van der Waals surface area (Å²) in [5.41, 5.74) is -0.780. The monoisotopic (exact) mass is 186 g/mol. The van der Waals surface area contributed by atoms with E-state index in [1.807, 2.05) is 0 Å². The fourth-order valence-corrected chi connectivity index (χ4v) is 1.04. The summed E-state index contributed by atoms with van der Waals surface area (Å²) in [6, 6.07) is 1.29. The predicted octanol–water partition coefficient (Wildman–Crippen LogP) is -0.0934. The molecule has 0 unspecified atom stereocenters. The van der Waals surface area contributed by atoms with Crippen LogP contribution in [0.15, 0.2) is 21.9 Å². The minimum Gasteiger partial charge on any atom is -0.303 e. The summed E-state index contributed by atoms with van der Waals surface area (Å²) in [5.74, 6) is 0. The van der Waals surface area contributed by atoms with E-state index in [1.165, 1.54) is 16.8 Å². The third-order valence-corrected chi connectivity index (χ3v) is 1.75. The van der Waals surface area contributed by atoms with E-state index in [1.54, 1.807) is 7.05 Å². The van der Waals surface area contributed by atoms with Gasteiger partial charge in [0.05, 0.1) is 6.67 Å². The smallest absolute Gasteiger partial charge is 0.303 e. The second kappa shape index (κ2) is 4.02. The summed E-state index contributed by atoms with van der Waals surface area (Å²) in [7, 11) is 1.55. The first kappa shape index (κ1) is 9.70. The van der Waals surface area contributed by atoms with Crippen LogP contribution < -0.4 is 11.2 Å². The van der Waals surface area contributed by atoms with Gasteiger partial charge in [0.25, 0.3) is 5.56 Å². The summed E-state index contributed by atoms with van der Waals surface area (Å²) in [5, 5.41) is 0. The number of aryl methyl sites for hydroxylation is 1. The van der Waals surface area contributed by atoms with Crippen LogP contribution in [0.2, 0.25) is 0 Å². The molecule has 0 aliphatic rings. The van der Waals surface area contributed by atoms with E-state index in [4.69, 9.17) is 0 Å². The Kier molecular flexibility index (Phi) is 3.00. The van der Waals surface area contributed by atoms with Gasteiger partial charge < -0.3 is 4.57 Å². The van der Waals surface area contributed by atoms with Gasteiger partial charge in [-0.25, -0.2) is 4.79 Å². The van der Waals surface area contributed by atoms with Gasteiger partial charge in [-0.05, 0) is 6.42 Å². The standard InChI is InChI=1S/C8H11FN2O2/c1-10-6-3-7(12)11(8(10)13)5-2-4-9/h3,6H,2,4-5H2,1H3. The van der Waals surface area contributed by atoms with E-state index in [0.717, 1.165) is 4.57 Å². The van der Waals surface area contributed by atoms with E-state index < -0.39 is 12.4 Å². The Hall–Kier alpha value is -1.39. The highest BCUT2D eigenvalue weighted by atomic mass is 19.1. The molecule has 0 bridgehead atoms. The van der Waals surface area contributed by atoms with E-state index in [9.17, 15) is 14.0 Å². The first-order chi connectivity index (χ1) is 6.16. The lowest BCUT2D eigenvalue weighted by atomic mass is 10.4. The lowest BCUT2D eigenvalue weighted by molar-refractivity contribution is 0.434. The normalized spacial score (nSPS) is 10.3. The Morgan fingerprint density at radius 2 is 2.15 bits per heavy atom. The molecule has 0 spiro atoms. The number of aromatic nitrogens is 2. The zero-order chi connectivity index (χ0) is 9.84. The molecule has 0 aliphatic carbocycles. The molecule has 0 N–H and O–H groups in total. The van der Waals surface area contributed by atoms with Gasteiger partial charge in [0.15, 0.2) is 0 Å². The van der Waals surface area contributed by atoms with Gasteiger partial charge in [0, 0.05) is 25.9 Å². The molecule has 0 saturated heterocycles. The van der Waals surface area contributed by atoms with Crippen molar-refractivity contribution in [3.05, 3.63) is 33.1 Å². The zero-order valence-corrected chi connectivity index (χ0v) is 7.36. The Balaban J connectivity index is 3.11. The molecule has 4 nitrogen and oxygen atoms in total. The number of hydrogen-bond acceptors (Lipinski definition) is 2. The maximum absolute atomic E-state index is 11.8. The third-order valence-electron chi connectivity index (χ3n) is 1.75. The van der Waals surface area contributed by atoms with E-state index in [-0.39, 0.29) is 18.5 Å². The molecule has 5 heteroatoms. The van der Waals surface area contributed by atoms with Crippen molar-refractivity contribution >= 4 is 0 Å². The van der Waals surface area contributed by atoms with Crippen LogP contribution >= 0.6 is 0 Å². The van der Waals surface area contributed by atoms with Crippen LogP contribution in [0.5, 0.6) is 0 Å². The van der Waals surface area contributed by atoms with E-state index in [0.29, 0.717) is 0 Å². The SMILES string of the molecule is Cn1ccc(=O)n(CCCF)c1=O. The number of nitrogens with zero attached hydrogens (tertiary/aromatic N) is 2. The first-order valence-electron chi connectivity index (χ1n) is 3.99. The minimum atomic E-state index is -0.523. The molecule has 0 saturated carbocycles. The van der Waals surface area contributed by atoms with Crippen LogP contribution in [0, 0.1) is 0 Å². The number of alkyl halides is 1. The summed E-state index contributed by atoms with van der Waals surface area (Å²) in [6.45, 7) is -0.382. The molecule has 0 radical (unpaired) electrons. The molecule has 1 aromatic heterocycles. The largest absolute Gasteiger partial charge is 0.330 e. The van der Waals surface area contributed by atoms with Gasteiger partial charge in [0.2, 0.25) is 0 Å². The van der Waals surface area contributed by atoms with Gasteiger partial charge in [-0.1, -0.05) is 0 Å².